The van der Waals surface area contributed by atoms with Crippen molar-refractivity contribution >= 4 is 16.9 Å². The summed E-state index contributed by atoms with van der Waals surface area (Å²) in [5.74, 6) is 0.701. The third-order valence-corrected chi connectivity index (χ3v) is 4.15. The first-order valence-electron chi connectivity index (χ1n) is 7.81. The van der Waals surface area contributed by atoms with Gasteiger partial charge in [-0.3, -0.25) is 4.79 Å². The van der Waals surface area contributed by atoms with Gasteiger partial charge in [0.2, 0.25) is 0 Å². The average molecular weight is 323 g/mol. The van der Waals surface area contributed by atoms with Gasteiger partial charge in [0.1, 0.15) is 18.8 Å². The number of ether oxygens (including phenoxy) is 1. The number of imidazole rings is 1. The highest BCUT2D eigenvalue weighted by atomic mass is 16.5. The minimum atomic E-state index is -0.191. The number of aryl methyl sites for hydroxylation is 1. The molecule has 1 N–H and O–H groups in total. The first kappa shape index (κ1) is 14.8. The van der Waals surface area contributed by atoms with Crippen LogP contribution in [0.2, 0.25) is 0 Å². The van der Waals surface area contributed by atoms with Crippen LogP contribution in [0.3, 0.4) is 0 Å². The minimum absolute atomic E-state index is 0.00845. The van der Waals surface area contributed by atoms with Crippen molar-refractivity contribution in [1.29, 1.82) is 0 Å². The molecule has 1 aliphatic heterocycles. The summed E-state index contributed by atoms with van der Waals surface area (Å²) >= 11 is 0. The van der Waals surface area contributed by atoms with Gasteiger partial charge < -0.3 is 14.6 Å². The minimum Gasteiger partial charge on any atom is -0.371 e. The average Bonchev–Trinajstić information content (AvgIpc) is 2.99. The van der Waals surface area contributed by atoms with Crippen molar-refractivity contribution in [1.82, 2.24) is 24.8 Å². The van der Waals surface area contributed by atoms with Crippen LogP contribution < -0.4 is 5.32 Å². The molecule has 4 rings (SSSR count). The maximum atomic E-state index is 12.2. The predicted molar refractivity (Wildman–Crippen MR) is 87.5 cm³/mol. The lowest BCUT2D eigenvalue weighted by molar-refractivity contribution is 0.0553. The lowest BCUT2D eigenvalue weighted by Crippen LogP contribution is -2.35. The molecule has 1 amide bonds. The molecule has 0 bridgehead atoms. The van der Waals surface area contributed by atoms with E-state index in [1.807, 2.05) is 12.1 Å². The normalized spacial score (nSPS) is 16.8. The van der Waals surface area contributed by atoms with Gasteiger partial charge in [-0.25, -0.2) is 15.0 Å². The molecule has 1 atom stereocenters. The molecule has 3 aromatic rings. The van der Waals surface area contributed by atoms with E-state index in [4.69, 9.17) is 4.74 Å². The standard InChI is InChI=1S/C17H17N5O2/c1-11-2-3-14-15(4-11)22-13(8-24-9-16(22)21-14)7-20-17(23)12-5-18-10-19-6-12/h2-6,10,13H,7-9H2,1H3,(H,20,23)/t13-/m0/s1. The number of hydrogen-bond acceptors (Lipinski definition) is 5. The first-order valence-corrected chi connectivity index (χ1v) is 7.81. The third-order valence-electron chi connectivity index (χ3n) is 4.15. The zero-order valence-corrected chi connectivity index (χ0v) is 13.3. The number of carbonyl (C=O) groups excluding carboxylic acids is 1. The number of rotatable bonds is 3. The van der Waals surface area contributed by atoms with Crippen molar-refractivity contribution in [2.75, 3.05) is 13.2 Å². The fraction of sp³-hybridized carbons (Fsp3) is 0.294. The zero-order chi connectivity index (χ0) is 16.5. The predicted octanol–water partition coefficient (Wildman–Crippen LogP) is 1.64. The number of fused-ring (bicyclic) bond motifs is 3. The maximum Gasteiger partial charge on any atom is 0.254 e. The lowest BCUT2D eigenvalue weighted by Gasteiger charge is -2.26. The van der Waals surface area contributed by atoms with E-state index >= 15 is 0 Å². The summed E-state index contributed by atoms with van der Waals surface area (Å²) < 4.78 is 7.82. The summed E-state index contributed by atoms with van der Waals surface area (Å²) in [6.45, 7) is 3.55. The fourth-order valence-corrected chi connectivity index (χ4v) is 3.00. The van der Waals surface area contributed by atoms with Gasteiger partial charge in [0, 0.05) is 18.9 Å². The fourth-order valence-electron chi connectivity index (χ4n) is 3.00. The van der Waals surface area contributed by atoms with Gasteiger partial charge in [-0.2, -0.15) is 0 Å². The Hall–Kier alpha value is -2.80. The molecule has 1 aliphatic rings. The van der Waals surface area contributed by atoms with E-state index in [1.54, 1.807) is 0 Å². The van der Waals surface area contributed by atoms with Gasteiger partial charge in [0.25, 0.3) is 5.91 Å². The number of nitrogens with one attached hydrogen (secondary N) is 1. The van der Waals surface area contributed by atoms with E-state index in [0.717, 1.165) is 16.9 Å². The van der Waals surface area contributed by atoms with Gasteiger partial charge in [0.15, 0.2) is 0 Å². The van der Waals surface area contributed by atoms with E-state index in [-0.39, 0.29) is 11.9 Å². The van der Waals surface area contributed by atoms with Crippen molar-refractivity contribution in [2.45, 2.75) is 19.6 Å². The summed E-state index contributed by atoms with van der Waals surface area (Å²) in [5.41, 5.74) is 3.66. The van der Waals surface area contributed by atoms with Crippen LogP contribution in [0.15, 0.2) is 36.9 Å². The topological polar surface area (TPSA) is 81.9 Å². The van der Waals surface area contributed by atoms with Crippen LogP contribution in [0.5, 0.6) is 0 Å². The van der Waals surface area contributed by atoms with E-state index < -0.39 is 0 Å². The maximum absolute atomic E-state index is 12.2. The molecular formula is C17H17N5O2. The van der Waals surface area contributed by atoms with Crippen molar-refractivity contribution in [2.24, 2.45) is 0 Å². The number of amides is 1. The molecule has 0 fully saturated rings. The molecule has 3 heterocycles. The van der Waals surface area contributed by atoms with E-state index in [0.29, 0.717) is 25.3 Å². The SMILES string of the molecule is Cc1ccc2nc3n(c2c1)[C@@H](CNC(=O)c1cncnc1)COC3. The van der Waals surface area contributed by atoms with Crippen molar-refractivity contribution in [3.63, 3.8) is 0 Å². The number of hydrogen-bond donors (Lipinski definition) is 1. The summed E-state index contributed by atoms with van der Waals surface area (Å²) in [5, 5.41) is 2.93. The van der Waals surface area contributed by atoms with E-state index in [1.165, 1.54) is 24.3 Å². The van der Waals surface area contributed by atoms with Gasteiger partial charge >= 0.3 is 0 Å². The highest BCUT2D eigenvalue weighted by Crippen LogP contribution is 2.26. The number of benzene rings is 1. The Morgan fingerprint density at radius 3 is 3.04 bits per heavy atom. The smallest absolute Gasteiger partial charge is 0.254 e. The molecule has 122 valence electrons. The molecule has 7 nitrogen and oxygen atoms in total. The van der Waals surface area contributed by atoms with Crippen molar-refractivity contribution in [3.8, 4) is 0 Å². The Labute approximate surface area is 138 Å². The number of carbonyl (C=O) groups is 1. The molecular weight excluding hydrogens is 306 g/mol. The second-order valence-electron chi connectivity index (χ2n) is 5.90. The molecule has 0 saturated carbocycles. The van der Waals surface area contributed by atoms with Gasteiger partial charge in [-0.15, -0.1) is 0 Å². The first-order chi connectivity index (χ1) is 11.7. The molecule has 24 heavy (non-hydrogen) atoms. The van der Waals surface area contributed by atoms with Crippen LogP contribution in [-0.4, -0.2) is 38.6 Å². The van der Waals surface area contributed by atoms with Crippen molar-refractivity contribution in [3.05, 3.63) is 53.9 Å². The molecule has 0 radical (unpaired) electrons. The Bertz CT molecular complexity index is 891. The third kappa shape index (κ3) is 2.63. The Kier molecular flexibility index (Phi) is 3.70. The summed E-state index contributed by atoms with van der Waals surface area (Å²) in [4.78, 5) is 24.6. The Morgan fingerprint density at radius 1 is 1.38 bits per heavy atom. The quantitative estimate of drug-likeness (QED) is 0.792. The van der Waals surface area contributed by atoms with Gasteiger partial charge in [-0.05, 0) is 24.6 Å². The van der Waals surface area contributed by atoms with Crippen molar-refractivity contribution < 1.29 is 9.53 Å². The number of aromatic nitrogens is 4. The second-order valence-corrected chi connectivity index (χ2v) is 5.90. The molecule has 0 spiro atoms. The second kappa shape index (κ2) is 6.01. The van der Waals surface area contributed by atoms with Crippen LogP contribution >= 0.6 is 0 Å². The number of nitrogens with zero attached hydrogens (tertiary/aromatic N) is 4. The molecule has 0 unspecified atom stereocenters. The van der Waals surface area contributed by atoms with Gasteiger partial charge in [0.05, 0.1) is 29.2 Å². The van der Waals surface area contributed by atoms with Crippen LogP contribution in [0.4, 0.5) is 0 Å². The van der Waals surface area contributed by atoms with E-state index in [9.17, 15) is 4.79 Å². The highest BCUT2D eigenvalue weighted by molar-refractivity contribution is 5.93. The lowest BCUT2D eigenvalue weighted by atomic mass is 10.2. The van der Waals surface area contributed by atoms with Crippen LogP contribution in [0.25, 0.3) is 11.0 Å². The molecule has 1 aromatic carbocycles. The summed E-state index contributed by atoms with van der Waals surface area (Å²) in [7, 11) is 0. The van der Waals surface area contributed by atoms with Crippen LogP contribution in [-0.2, 0) is 11.3 Å². The van der Waals surface area contributed by atoms with E-state index in [2.05, 4.69) is 37.8 Å². The molecule has 0 saturated heterocycles. The largest absolute Gasteiger partial charge is 0.371 e. The summed E-state index contributed by atoms with van der Waals surface area (Å²) in [6.07, 6.45) is 4.40. The Balaban J connectivity index is 1.59. The molecule has 2 aromatic heterocycles. The Morgan fingerprint density at radius 2 is 2.21 bits per heavy atom. The zero-order valence-electron chi connectivity index (χ0n) is 13.3. The monoisotopic (exact) mass is 323 g/mol. The molecule has 7 heteroatoms. The van der Waals surface area contributed by atoms with Crippen LogP contribution in [0.1, 0.15) is 27.8 Å². The van der Waals surface area contributed by atoms with Crippen LogP contribution in [0, 0.1) is 6.92 Å². The summed E-state index contributed by atoms with van der Waals surface area (Å²) in [6, 6.07) is 6.20. The highest BCUT2D eigenvalue weighted by Gasteiger charge is 2.24. The molecule has 0 aliphatic carbocycles. The van der Waals surface area contributed by atoms with Gasteiger partial charge in [-0.1, -0.05) is 6.07 Å².